The minimum absolute atomic E-state index is 1.14. The van der Waals surface area contributed by atoms with Gasteiger partial charge in [0.2, 0.25) is 0 Å². The zero-order valence-electron chi connectivity index (χ0n) is 27.8. The molecule has 2 heterocycles. The van der Waals surface area contributed by atoms with Gasteiger partial charge in [0.25, 0.3) is 0 Å². The molecule has 1 aromatic heterocycles. The van der Waals surface area contributed by atoms with Gasteiger partial charge < -0.3 is 9.47 Å². The average Bonchev–Trinajstić information content (AvgIpc) is 3.53. The highest BCUT2D eigenvalue weighted by atomic mass is 32.2. The molecular weight excluding hydrogens is 637 g/mol. The molecule has 1 aliphatic heterocycles. The van der Waals surface area contributed by atoms with Crippen molar-refractivity contribution in [1.29, 1.82) is 0 Å². The van der Waals surface area contributed by atoms with Crippen molar-refractivity contribution in [3.63, 3.8) is 0 Å². The van der Waals surface area contributed by atoms with E-state index in [1.165, 1.54) is 76.4 Å². The zero-order valence-corrected chi connectivity index (χ0v) is 28.6. The Labute approximate surface area is 301 Å². The first-order valence-electron chi connectivity index (χ1n) is 17.3. The third kappa shape index (κ3) is 5.13. The maximum atomic E-state index is 2.45. The van der Waals surface area contributed by atoms with Gasteiger partial charge in [0.15, 0.2) is 0 Å². The highest BCUT2D eigenvalue weighted by Crippen LogP contribution is 2.53. The predicted octanol–water partition coefficient (Wildman–Crippen LogP) is 13.7. The predicted molar refractivity (Wildman–Crippen MR) is 216 cm³/mol. The Kier molecular flexibility index (Phi) is 7.11. The van der Waals surface area contributed by atoms with Gasteiger partial charge >= 0.3 is 0 Å². The number of hydrogen-bond donors (Lipinski definition) is 0. The third-order valence-corrected chi connectivity index (χ3v) is 11.0. The summed E-state index contributed by atoms with van der Waals surface area (Å²) < 4.78 is 2.45. The molecule has 3 heteroatoms. The quantitative estimate of drug-likeness (QED) is 0.180. The highest BCUT2D eigenvalue weighted by molar-refractivity contribution is 7.99. The molecule has 1 aliphatic rings. The van der Waals surface area contributed by atoms with Crippen LogP contribution in [0.1, 0.15) is 0 Å². The number of anilines is 3. The molecule has 8 aromatic carbocycles. The number of hydrogen-bond acceptors (Lipinski definition) is 2. The van der Waals surface area contributed by atoms with Crippen molar-refractivity contribution in [1.82, 2.24) is 4.57 Å². The van der Waals surface area contributed by atoms with Crippen molar-refractivity contribution in [2.24, 2.45) is 0 Å². The number of fused-ring (bicyclic) bond motifs is 5. The Hall–Kier alpha value is -6.29. The van der Waals surface area contributed by atoms with Crippen molar-refractivity contribution in [3.05, 3.63) is 194 Å². The molecule has 10 rings (SSSR count). The molecule has 0 saturated carbocycles. The van der Waals surface area contributed by atoms with Crippen LogP contribution in [0.25, 0.3) is 60.9 Å². The van der Waals surface area contributed by atoms with Crippen LogP contribution < -0.4 is 4.90 Å². The topological polar surface area (TPSA) is 8.17 Å². The van der Waals surface area contributed by atoms with E-state index in [0.717, 1.165) is 11.4 Å². The monoisotopic (exact) mass is 668 g/mol. The van der Waals surface area contributed by atoms with Crippen LogP contribution in [0.2, 0.25) is 0 Å². The van der Waals surface area contributed by atoms with E-state index in [9.17, 15) is 0 Å². The summed E-state index contributed by atoms with van der Waals surface area (Å²) in [5, 5.41) is 2.49. The minimum atomic E-state index is 1.14. The van der Waals surface area contributed by atoms with E-state index in [-0.39, 0.29) is 0 Å². The van der Waals surface area contributed by atoms with Crippen molar-refractivity contribution in [2.45, 2.75) is 9.79 Å². The molecule has 2 nitrogen and oxygen atoms in total. The van der Waals surface area contributed by atoms with Gasteiger partial charge in [-0.15, -0.1) is 0 Å². The van der Waals surface area contributed by atoms with Crippen LogP contribution in [0, 0.1) is 0 Å². The summed E-state index contributed by atoms with van der Waals surface area (Å²) in [6, 6.07) is 70.4. The number of aromatic nitrogens is 1. The van der Waals surface area contributed by atoms with E-state index in [0.29, 0.717) is 0 Å². The molecule has 51 heavy (non-hydrogen) atoms. The highest BCUT2D eigenvalue weighted by Gasteiger charge is 2.27. The van der Waals surface area contributed by atoms with Gasteiger partial charge in [-0.3, -0.25) is 0 Å². The van der Waals surface area contributed by atoms with Crippen LogP contribution >= 0.6 is 11.8 Å². The number of benzene rings is 8. The van der Waals surface area contributed by atoms with Crippen molar-refractivity contribution in [3.8, 4) is 39.1 Å². The molecule has 240 valence electrons. The largest absolute Gasteiger partial charge is 0.309 e. The molecule has 9 aromatic rings. The van der Waals surface area contributed by atoms with Gasteiger partial charge in [-0.25, -0.2) is 0 Å². The second kappa shape index (κ2) is 12.2. The second-order valence-corrected chi connectivity index (χ2v) is 14.1. The van der Waals surface area contributed by atoms with Crippen LogP contribution in [0.3, 0.4) is 0 Å². The van der Waals surface area contributed by atoms with E-state index in [4.69, 9.17) is 0 Å². The lowest BCUT2D eigenvalue weighted by atomic mass is 9.93. The van der Waals surface area contributed by atoms with Gasteiger partial charge in [0.1, 0.15) is 0 Å². The van der Waals surface area contributed by atoms with Crippen LogP contribution in [-0.2, 0) is 0 Å². The Morgan fingerprint density at radius 3 is 1.61 bits per heavy atom. The van der Waals surface area contributed by atoms with Crippen LogP contribution in [-0.4, -0.2) is 4.57 Å². The fourth-order valence-electron chi connectivity index (χ4n) is 7.56. The lowest BCUT2D eigenvalue weighted by Crippen LogP contribution is -2.14. The molecule has 0 fully saturated rings. The van der Waals surface area contributed by atoms with E-state index < -0.39 is 0 Å². The SMILES string of the molecule is c1ccc(-c2cc(-c3ccccc3)cc(-c3cccc(-n4c5ccccc5c5cc6c(cc54)Sc4ccccc4N6c4ccccc4)c3)c2)cc1. The molecule has 0 spiro atoms. The third-order valence-electron chi connectivity index (χ3n) is 9.92. The fourth-order valence-corrected chi connectivity index (χ4v) is 8.64. The second-order valence-electron chi connectivity index (χ2n) is 13.0. The maximum absolute atomic E-state index is 2.45. The van der Waals surface area contributed by atoms with Crippen molar-refractivity contribution in [2.75, 3.05) is 4.90 Å². The molecule has 0 N–H and O–H groups in total. The van der Waals surface area contributed by atoms with E-state index in [2.05, 4.69) is 204 Å². The summed E-state index contributed by atoms with van der Waals surface area (Å²) >= 11 is 1.85. The molecular formula is C48H32N2S. The lowest BCUT2D eigenvalue weighted by Gasteiger charge is -2.33. The summed E-state index contributed by atoms with van der Waals surface area (Å²) in [5.41, 5.74) is 14.4. The first kappa shape index (κ1) is 29.6. The lowest BCUT2D eigenvalue weighted by molar-refractivity contribution is 1.15. The maximum Gasteiger partial charge on any atom is 0.0609 e. The Balaban J connectivity index is 1.17. The van der Waals surface area contributed by atoms with Crippen LogP contribution in [0.5, 0.6) is 0 Å². The average molecular weight is 669 g/mol. The molecule has 0 atom stereocenters. The number of nitrogens with zero attached hydrogens (tertiary/aromatic N) is 2. The first-order chi connectivity index (χ1) is 25.3. The summed E-state index contributed by atoms with van der Waals surface area (Å²) in [7, 11) is 0. The van der Waals surface area contributed by atoms with Gasteiger partial charge in [0.05, 0.1) is 22.4 Å². The van der Waals surface area contributed by atoms with Gasteiger partial charge in [-0.2, -0.15) is 0 Å². The summed E-state index contributed by atoms with van der Waals surface area (Å²) in [6.07, 6.45) is 0. The standard InChI is InChI=1S/C48H32N2S/c1-4-15-33(16-5-1)36-27-37(34-17-6-2-7-18-34)29-38(28-36)35-19-14-22-40(30-35)50-43-24-11-10-23-41(43)42-31-46-48(32-45(42)50)51-47-26-13-12-25-44(47)49(46)39-20-8-3-9-21-39/h1-32H. The number of para-hydroxylation sites is 3. The normalized spacial score (nSPS) is 12.2. The first-order valence-corrected chi connectivity index (χ1v) is 18.2. The molecule has 0 radical (unpaired) electrons. The molecule has 0 saturated heterocycles. The Morgan fingerprint density at radius 1 is 0.314 bits per heavy atom. The smallest absolute Gasteiger partial charge is 0.0609 e. The molecule has 0 unspecified atom stereocenters. The molecule has 0 bridgehead atoms. The summed E-state index contributed by atoms with van der Waals surface area (Å²) in [4.78, 5) is 4.91. The Morgan fingerprint density at radius 2 is 0.882 bits per heavy atom. The molecule has 0 aliphatic carbocycles. The van der Waals surface area contributed by atoms with Gasteiger partial charge in [0, 0.05) is 31.9 Å². The summed E-state index contributed by atoms with van der Waals surface area (Å²) in [5.74, 6) is 0. The van der Waals surface area contributed by atoms with E-state index in [1.54, 1.807) is 0 Å². The number of rotatable bonds is 5. The van der Waals surface area contributed by atoms with Crippen molar-refractivity contribution >= 4 is 50.6 Å². The van der Waals surface area contributed by atoms with E-state index in [1.807, 2.05) is 11.8 Å². The summed E-state index contributed by atoms with van der Waals surface area (Å²) in [6.45, 7) is 0. The van der Waals surface area contributed by atoms with Gasteiger partial charge in [-0.05, 0) is 106 Å². The van der Waals surface area contributed by atoms with Crippen LogP contribution in [0.4, 0.5) is 17.1 Å². The van der Waals surface area contributed by atoms with Crippen molar-refractivity contribution < 1.29 is 0 Å². The minimum Gasteiger partial charge on any atom is -0.309 e. The molecule has 0 amide bonds. The Bertz CT molecular complexity index is 2660. The fraction of sp³-hybridized carbons (Fsp3) is 0. The van der Waals surface area contributed by atoms with Gasteiger partial charge in [-0.1, -0.05) is 133 Å². The zero-order chi connectivity index (χ0) is 33.7. The van der Waals surface area contributed by atoms with E-state index >= 15 is 0 Å². The van der Waals surface area contributed by atoms with Crippen LogP contribution in [0.15, 0.2) is 204 Å².